The normalized spacial score (nSPS) is 12.5. The lowest BCUT2D eigenvalue weighted by atomic mass is 9.94. The van der Waals surface area contributed by atoms with E-state index in [0.29, 0.717) is 0 Å². The third kappa shape index (κ3) is 12.3. The molecule has 2 heteroatoms. The molecule has 0 radical (unpaired) electrons. The van der Waals surface area contributed by atoms with Gasteiger partial charge in [0.05, 0.1) is 0 Å². The molecule has 0 spiro atoms. The molecule has 1 N–H and O–H groups in total. The molecule has 24 heavy (non-hydrogen) atoms. The molecular formula is C22H48N2. The van der Waals surface area contributed by atoms with Gasteiger partial charge in [0, 0.05) is 12.1 Å². The van der Waals surface area contributed by atoms with Crippen molar-refractivity contribution >= 4 is 0 Å². The minimum atomic E-state index is 0.730. The van der Waals surface area contributed by atoms with Crippen LogP contribution in [0.3, 0.4) is 0 Å². The molecule has 0 heterocycles. The Hall–Kier alpha value is -0.0800. The zero-order valence-corrected chi connectivity index (χ0v) is 18.0. The van der Waals surface area contributed by atoms with Crippen LogP contribution in [-0.2, 0) is 0 Å². The topological polar surface area (TPSA) is 15.3 Å². The van der Waals surface area contributed by atoms with Crippen molar-refractivity contribution in [3.05, 3.63) is 0 Å². The number of hydrogen-bond acceptors (Lipinski definition) is 2. The Kier molecular flexibility index (Phi) is 15.1. The summed E-state index contributed by atoms with van der Waals surface area (Å²) in [5.74, 6) is 1.61. The summed E-state index contributed by atoms with van der Waals surface area (Å²) >= 11 is 0. The lowest BCUT2D eigenvalue weighted by molar-refractivity contribution is 0.156. The number of hydrogen-bond donors (Lipinski definition) is 1. The Balaban J connectivity index is 3.97. The zero-order valence-electron chi connectivity index (χ0n) is 18.0. The Labute approximate surface area is 154 Å². The zero-order chi connectivity index (χ0) is 18.4. The van der Waals surface area contributed by atoms with E-state index < -0.39 is 0 Å². The van der Waals surface area contributed by atoms with Crippen LogP contribution in [0.25, 0.3) is 0 Å². The van der Waals surface area contributed by atoms with Crippen LogP contribution in [-0.4, -0.2) is 36.6 Å². The molecule has 0 rings (SSSR count). The van der Waals surface area contributed by atoms with Crippen molar-refractivity contribution in [3.63, 3.8) is 0 Å². The summed E-state index contributed by atoms with van der Waals surface area (Å²) in [7, 11) is 0. The van der Waals surface area contributed by atoms with Crippen LogP contribution in [0.5, 0.6) is 0 Å². The third-order valence-electron chi connectivity index (χ3n) is 5.20. The second-order valence-electron chi connectivity index (χ2n) is 8.42. The standard InChI is InChI=1S/C22H48N2/c1-8-21(9-2)23-15-13-11-12-14-16-24(10-3)22(17-19(4)5)18-20(6)7/h19-23H,8-18H2,1-7H3. The highest BCUT2D eigenvalue weighted by Gasteiger charge is 2.19. The molecule has 0 atom stereocenters. The van der Waals surface area contributed by atoms with Crippen molar-refractivity contribution in [3.8, 4) is 0 Å². The lowest BCUT2D eigenvalue weighted by Gasteiger charge is -2.33. The average Bonchev–Trinajstić information content (AvgIpc) is 2.52. The molecule has 0 unspecified atom stereocenters. The van der Waals surface area contributed by atoms with Gasteiger partial charge in [-0.3, -0.25) is 0 Å². The van der Waals surface area contributed by atoms with Crippen molar-refractivity contribution in [2.75, 3.05) is 19.6 Å². The van der Waals surface area contributed by atoms with Crippen LogP contribution in [0.2, 0.25) is 0 Å². The highest BCUT2D eigenvalue weighted by molar-refractivity contribution is 4.74. The number of nitrogens with zero attached hydrogens (tertiary/aromatic N) is 1. The third-order valence-corrected chi connectivity index (χ3v) is 5.20. The predicted octanol–water partition coefficient (Wildman–Crippen LogP) is 6.11. The van der Waals surface area contributed by atoms with E-state index in [1.54, 1.807) is 0 Å². The molecule has 0 fully saturated rings. The van der Waals surface area contributed by atoms with Gasteiger partial charge in [-0.15, -0.1) is 0 Å². The summed E-state index contributed by atoms with van der Waals surface area (Å²) in [5.41, 5.74) is 0. The monoisotopic (exact) mass is 340 g/mol. The quantitative estimate of drug-likeness (QED) is 0.341. The van der Waals surface area contributed by atoms with Crippen LogP contribution in [0.1, 0.15) is 99.8 Å². The molecule has 0 amide bonds. The van der Waals surface area contributed by atoms with Crippen LogP contribution in [0.4, 0.5) is 0 Å². The van der Waals surface area contributed by atoms with Crippen molar-refractivity contribution < 1.29 is 0 Å². The van der Waals surface area contributed by atoms with E-state index in [4.69, 9.17) is 0 Å². The average molecular weight is 341 g/mol. The van der Waals surface area contributed by atoms with Gasteiger partial charge in [-0.1, -0.05) is 61.3 Å². The Bertz CT molecular complexity index is 249. The van der Waals surface area contributed by atoms with E-state index in [1.807, 2.05) is 0 Å². The summed E-state index contributed by atoms with van der Waals surface area (Å²) < 4.78 is 0. The predicted molar refractivity (Wildman–Crippen MR) is 111 cm³/mol. The first-order chi connectivity index (χ1) is 11.4. The van der Waals surface area contributed by atoms with E-state index in [-0.39, 0.29) is 0 Å². The van der Waals surface area contributed by atoms with Crippen molar-refractivity contribution in [1.29, 1.82) is 0 Å². The van der Waals surface area contributed by atoms with Gasteiger partial charge in [-0.25, -0.2) is 0 Å². The Morgan fingerprint density at radius 3 is 1.75 bits per heavy atom. The van der Waals surface area contributed by atoms with E-state index in [2.05, 4.69) is 58.7 Å². The summed E-state index contributed by atoms with van der Waals surface area (Å²) in [4.78, 5) is 2.75. The maximum atomic E-state index is 3.68. The Morgan fingerprint density at radius 1 is 0.750 bits per heavy atom. The second-order valence-corrected chi connectivity index (χ2v) is 8.42. The number of unbranched alkanes of at least 4 members (excludes halogenated alkanes) is 3. The molecule has 0 aromatic heterocycles. The molecule has 0 aliphatic carbocycles. The van der Waals surface area contributed by atoms with Gasteiger partial charge in [0.15, 0.2) is 0 Å². The fourth-order valence-corrected chi connectivity index (χ4v) is 3.76. The van der Waals surface area contributed by atoms with Gasteiger partial charge in [0.25, 0.3) is 0 Å². The maximum Gasteiger partial charge on any atom is 0.01000 e. The molecule has 146 valence electrons. The van der Waals surface area contributed by atoms with Gasteiger partial charge in [0.2, 0.25) is 0 Å². The van der Waals surface area contributed by atoms with Gasteiger partial charge in [0.1, 0.15) is 0 Å². The summed E-state index contributed by atoms with van der Waals surface area (Å²) in [5, 5.41) is 3.68. The van der Waals surface area contributed by atoms with Gasteiger partial charge >= 0.3 is 0 Å². The van der Waals surface area contributed by atoms with Crippen LogP contribution < -0.4 is 5.32 Å². The first kappa shape index (κ1) is 23.9. The van der Waals surface area contributed by atoms with Gasteiger partial charge in [-0.2, -0.15) is 0 Å². The lowest BCUT2D eigenvalue weighted by Crippen LogP contribution is -2.38. The van der Waals surface area contributed by atoms with E-state index in [9.17, 15) is 0 Å². The SMILES string of the molecule is CCC(CC)NCCCCCCN(CC)C(CC(C)C)CC(C)C. The number of rotatable bonds is 16. The van der Waals surface area contributed by atoms with E-state index in [0.717, 1.165) is 23.9 Å². The van der Waals surface area contributed by atoms with E-state index >= 15 is 0 Å². The molecule has 0 aliphatic rings. The minimum absolute atomic E-state index is 0.730. The maximum absolute atomic E-state index is 3.68. The fourth-order valence-electron chi connectivity index (χ4n) is 3.76. The minimum Gasteiger partial charge on any atom is -0.314 e. The first-order valence-electron chi connectivity index (χ1n) is 10.9. The van der Waals surface area contributed by atoms with Crippen molar-refractivity contribution in [2.24, 2.45) is 11.8 Å². The molecule has 0 bridgehead atoms. The molecule has 2 nitrogen and oxygen atoms in total. The van der Waals surface area contributed by atoms with Gasteiger partial charge in [-0.05, 0) is 70.0 Å². The molecule has 0 aliphatic heterocycles. The van der Waals surface area contributed by atoms with Gasteiger partial charge < -0.3 is 10.2 Å². The van der Waals surface area contributed by atoms with E-state index in [1.165, 1.54) is 71.0 Å². The Morgan fingerprint density at radius 2 is 1.29 bits per heavy atom. The largest absolute Gasteiger partial charge is 0.314 e. The summed E-state index contributed by atoms with van der Waals surface area (Å²) in [6.45, 7) is 20.1. The molecule has 0 saturated heterocycles. The fraction of sp³-hybridized carbons (Fsp3) is 1.00. The molecule has 0 saturated carbocycles. The van der Waals surface area contributed by atoms with Crippen LogP contribution in [0.15, 0.2) is 0 Å². The summed E-state index contributed by atoms with van der Waals surface area (Å²) in [6, 6.07) is 1.51. The molecular weight excluding hydrogens is 292 g/mol. The summed E-state index contributed by atoms with van der Waals surface area (Å²) in [6.07, 6.45) is 10.7. The highest BCUT2D eigenvalue weighted by atomic mass is 15.1. The van der Waals surface area contributed by atoms with Crippen LogP contribution >= 0.6 is 0 Å². The smallest absolute Gasteiger partial charge is 0.01000 e. The number of nitrogens with one attached hydrogen (secondary N) is 1. The second kappa shape index (κ2) is 15.2. The highest BCUT2D eigenvalue weighted by Crippen LogP contribution is 2.20. The molecule has 0 aromatic rings. The molecule has 0 aromatic carbocycles. The van der Waals surface area contributed by atoms with Crippen LogP contribution in [0, 0.1) is 11.8 Å². The first-order valence-corrected chi connectivity index (χ1v) is 10.9. The van der Waals surface area contributed by atoms with Crippen molar-refractivity contribution in [2.45, 2.75) is 112 Å². The van der Waals surface area contributed by atoms with Crippen molar-refractivity contribution in [1.82, 2.24) is 10.2 Å².